The van der Waals surface area contributed by atoms with Crippen LogP contribution in [0.3, 0.4) is 0 Å². The Morgan fingerprint density at radius 2 is 0.614 bits per heavy atom. The first-order valence-corrected chi connectivity index (χ1v) is 38.2. The molecule has 0 saturated carbocycles. The molecule has 0 spiro atoms. The molecule has 0 aromatic heterocycles. The minimum atomic E-state index is -4.96. The van der Waals surface area contributed by atoms with Gasteiger partial charge in [0.1, 0.15) is 19.3 Å². The number of phosphoric acid groups is 2. The van der Waals surface area contributed by atoms with E-state index in [-0.39, 0.29) is 25.7 Å². The van der Waals surface area contributed by atoms with Crippen LogP contribution >= 0.6 is 15.6 Å². The summed E-state index contributed by atoms with van der Waals surface area (Å²) in [5.74, 6) is -0.00583. The predicted octanol–water partition coefficient (Wildman–Crippen LogP) is 19.0. The number of unbranched alkanes of at least 4 members (excludes halogenated alkanes) is 30. The van der Waals surface area contributed by atoms with Crippen molar-refractivity contribution < 1.29 is 80.2 Å². The molecule has 0 saturated heterocycles. The molecule has 3 N–H and O–H groups in total. The highest BCUT2D eigenvalue weighted by atomic mass is 31.2. The Kier molecular flexibility index (Phi) is 57.9. The van der Waals surface area contributed by atoms with Gasteiger partial charge in [-0.25, -0.2) is 9.13 Å². The van der Waals surface area contributed by atoms with E-state index in [0.717, 1.165) is 115 Å². The molecule has 0 aliphatic carbocycles. The van der Waals surface area contributed by atoms with E-state index in [1.54, 1.807) is 0 Å². The topological polar surface area (TPSA) is 237 Å². The quantitative estimate of drug-likeness (QED) is 0.0169. The lowest BCUT2D eigenvalue weighted by atomic mass is 10.0. The summed E-state index contributed by atoms with van der Waals surface area (Å²) in [6, 6.07) is 0. The molecule has 3 unspecified atom stereocenters. The Hall–Kier alpha value is -2.46. The van der Waals surface area contributed by atoms with Gasteiger partial charge in [-0.2, -0.15) is 0 Å². The fourth-order valence-corrected chi connectivity index (χ4v) is 11.4. The van der Waals surface area contributed by atoms with Crippen LogP contribution in [0.25, 0.3) is 0 Å². The summed E-state index contributed by atoms with van der Waals surface area (Å²) in [6.45, 7) is 11.6. The predicted molar refractivity (Wildman–Crippen MR) is 354 cm³/mol. The summed E-state index contributed by atoms with van der Waals surface area (Å²) in [7, 11) is -9.91. The first-order valence-electron chi connectivity index (χ1n) is 35.2. The molecule has 0 aromatic carbocycles. The Balaban J connectivity index is 5.28. The molecule has 0 aliphatic heterocycles. The van der Waals surface area contributed by atoms with Crippen molar-refractivity contribution >= 4 is 39.5 Å². The minimum Gasteiger partial charge on any atom is -0.462 e. The van der Waals surface area contributed by atoms with E-state index in [4.69, 9.17) is 37.0 Å². The number of aliphatic hydroxyl groups excluding tert-OH is 1. The SMILES string of the molecule is CCCCCC/C=C\C=C/CCCCCCCC(=O)OC[C@H](COP(=O)(O)OCC(O)COP(=O)(O)OC[C@@H](COC(=O)CCCCCCCCCCC(C)C)OC(=O)CCCCCCCCCCC(C)C)OC(=O)CCCCCCCCCCC(C)C. The normalized spacial score (nSPS) is 14.4. The Morgan fingerprint density at radius 3 is 0.920 bits per heavy atom. The zero-order chi connectivity index (χ0) is 65.2. The van der Waals surface area contributed by atoms with Crippen LogP contribution in [-0.2, 0) is 65.4 Å². The van der Waals surface area contributed by atoms with Crippen LogP contribution in [0.4, 0.5) is 0 Å². The van der Waals surface area contributed by atoms with Crippen molar-refractivity contribution in [3.05, 3.63) is 24.3 Å². The first kappa shape index (κ1) is 85.5. The molecule has 0 fully saturated rings. The van der Waals surface area contributed by atoms with Gasteiger partial charge in [0.2, 0.25) is 0 Å². The van der Waals surface area contributed by atoms with Gasteiger partial charge in [-0.05, 0) is 69.1 Å². The van der Waals surface area contributed by atoms with E-state index in [1.807, 2.05) is 0 Å². The van der Waals surface area contributed by atoms with Crippen molar-refractivity contribution in [3.63, 3.8) is 0 Å². The van der Waals surface area contributed by atoms with Crippen LogP contribution in [0.2, 0.25) is 0 Å². The maximum Gasteiger partial charge on any atom is 0.472 e. The maximum atomic E-state index is 13.0. The highest BCUT2D eigenvalue weighted by molar-refractivity contribution is 7.47. The van der Waals surface area contributed by atoms with Crippen molar-refractivity contribution in [2.75, 3.05) is 39.6 Å². The standard InChI is InChI=1S/C69H130O17P2/c1-8-9-10-11-12-13-14-15-16-17-18-19-29-36-43-50-66(71)79-56-64(85-68(73)52-45-38-31-24-21-27-34-41-48-61(4)5)58-83-87(75,76)81-54-63(70)55-82-88(77,78)84-59-65(86-69(74)53-46-39-32-25-22-28-35-42-49-62(6)7)57-80-67(72)51-44-37-30-23-20-26-33-40-47-60(2)3/h13-16,60-65,70H,8-12,17-59H2,1-7H3,(H,75,76)(H,77,78)/b14-13-,16-15-/t63?,64-,65-/m1/s1. The monoisotopic (exact) mass is 1290 g/mol. The number of esters is 4. The van der Waals surface area contributed by atoms with Gasteiger partial charge >= 0.3 is 39.5 Å². The molecule has 17 nitrogen and oxygen atoms in total. The average molecular weight is 1290 g/mol. The molecular formula is C69H130O17P2. The fraction of sp³-hybridized carbons (Fsp3) is 0.884. The second kappa shape index (κ2) is 59.5. The number of ether oxygens (including phenoxy) is 4. The lowest BCUT2D eigenvalue weighted by Crippen LogP contribution is -2.30. The van der Waals surface area contributed by atoms with Crippen LogP contribution in [0, 0.1) is 17.8 Å². The second-order valence-corrected chi connectivity index (χ2v) is 28.6. The molecular weight excluding hydrogens is 1160 g/mol. The largest absolute Gasteiger partial charge is 0.472 e. The van der Waals surface area contributed by atoms with Gasteiger partial charge in [-0.3, -0.25) is 37.3 Å². The molecule has 0 bridgehead atoms. The van der Waals surface area contributed by atoms with E-state index in [1.165, 1.54) is 109 Å². The molecule has 518 valence electrons. The zero-order valence-electron chi connectivity index (χ0n) is 56.7. The number of hydrogen-bond donors (Lipinski definition) is 3. The van der Waals surface area contributed by atoms with Crippen LogP contribution < -0.4 is 0 Å². The molecule has 0 aromatic rings. The van der Waals surface area contributed by atoms with E-state index >= 15 is 0 Å². The van der Waals surface area contributed by atoms with Gasteiger partial charge in [0.25, 0.3) is 0 Å². The smallest absolute Gasteiger partial charge is 0.462 e. The lowest BCUT2D eigenvalue weighted by Gasteiger charge is -2.21. The summed E-state index contributed by atoms with van der Waals surface area (Å²) in [5.41, 5.74) is 0. The molecule has 0 heterocycles. The number of hydrogen-bond acceptors (Lipinski definition) is 15. The Bertz CT molecular complexity index is 1830. The van der Waals surface area contributed by atoms with Crippen molar-refractivity contribution in [3.8, 4) is 0 Å². The highest BCUT2D eigenvalue weighted by Gasteiger charge is 2.30. The molecule has 0 amide bonds. The third-order valence-corrected chi connectivity index (χ3v) is 17.2. The summed E-state index contributed by atoms with van der Waals surface area (Å²) < 4.78 is 68.1. The summed E-state index contributed by atoms with van der Waals surface area (Å²) in [4.78, 5) is 72.4. The third kappa shape index (κ3) is 62.4. The summed E-state index contributed by atoms with van der Waals surface area (Å²) in [6.07, 6.45) is 45.4. The maximum absolute atomic E-state index is 13.0. The van der Waals surface area contributed by atoms with E-state index < -0.39 is 97.5 Å². The van der Waals surface area contributed by atoms with Gasteiger partial charge in [0.05, 0.1) is 26.4 Å². The van der Waals surface area contributed by atoms with E-state index in [9.17, 15) is 43.2 Å². The van der Waals surface area contributed by atoms with Crippen molar-refractivity contribution in [2.45, 2.75) is 336 Å². The van der Waals surface area contributed by atoms with Crippen molar-refractivity contribution in [1.82, 2.24) is 0 Å². The number of allylic oxidation sites excluding steroid dienone is 4. The zero-order valence-corrected chi connectivity index (χ0v) is 58.5. The number of carbonyl (C=O) groups is 4. The van der Waals surface area contributed by atoms with Gasteiger partial charge < -0.3 is 33.8 Å². The van der Waals surface area contributed by atoms with Crippen molar-refractivity contribution in [1.29, 1.82) is 0 Å². The number of aliphatic hydroxyl groups is 1. The first-order chi connectivity index (χ1) is 42.2. The Labute approximate surface area is 535 Å². The second-order valence-electron chi connectivity index (χ2n) is 25.7. The molecule has 0 aliphatic rings. The van der Waals surface area contributed by atoms with Crippen LogP contribution in [-0.4, -0.2) is 96.7 Å². The summed E-state index contributed by atoms with van der Waals surface area (Å²) in [5, 5.41) is 10.6. The highest BCUT2D eigenvalue weighted by Crippen LogP contribution is 2.45. The number of rotatable bonds is 65. The van der Waals surface area contributed by atoms with E-state index in [2.05, 4.69) is 72.8 Å². The van der Waals surface area contributed by atoms with Crippen LogP contribution in [0.15, 0.2) is 24.3 Å². The van der Waals surface area contributed by atoms with Gasteiger partial charge in [-0.1, -0.05) is 265 Å². The van der Waals surface area contributed by atoms with Crippen LogP contribution in [0.1, 0.15) is 318 Å². The minimum absolute atomic E-state index is 0.0971. The molecule has 0 rings (SSSR count). The van der Waals surface area contributed by atoms with E-state index in [0.29, 0.717) is 37.5 Å². The number of carbonyl (C=O) groups excluding carboxylic acids is 4. The molecule has 19 heteroatoms. The number of phosphoric ester groups is 2. The van der Waals surface area contributed by atoms with Gasteiger partial charge in [0, 0.05) is 25.7 Å². The average Bonchev–Trinajstić information content (AvgIpc) is 3.69. The van der Waals surface area contributed by atoms with Gasteiger partial charge in [-0.15, -0.1) is 0 Å². The molecule has 5 atom stereocenters. The molecule has 0 radical (unpaired) electrons. The van der Waals surface area contributed by atoms with Gasteiger partial charge in [0.15, 0.2) is 12.2 Å². The summed E-state index contributed by atoms with van der Waals surface area (Å²) >= 11 is 0. The fourth-order valence-electron chi connectivity index (χ4n) is 9.82. The lowest BCUT2D eigenvalue weighted by molar-refractivity contribution is -0.161. The molecule has 88 heavy (non-hydrogen) atoms. The van der Waals surface area contributed by atoms with Crippen molar-refractivity contribution in [2.24, 2.45) is 17.8 Å². The Morgan fingerprint density at radius 1 is 0.352 bits per heavy atom. The third-order valence-electron chi connectivity index (χ3n) is 15.3. The van der Waals surface area contributed by atoms with Crippen LogP contribution in [0.5, 0.6) is 0 Å².